The van der Waals surface area contributed by atoms with Crippen LogP contribution < -0.4 is 10.1 Å². The van der Waals surface area contributed by atoms with E-state index < -0.39 is 0 Å². The SMILES string of the molecule is CC(C)(C)CC(=O)Nc1cncc(-c2ccc3[nH]nc(-c4cc5c(-c6cc(F)cc(OCCN7CCCC7)c6)nccc5[nH]4)c3c2)c1. The van der Waals surface area contributed by atoms with Gasteiger partial charge in [-0.05, 0) is 79.4 Å². The molecule has 0 spiro atoms. The number of aromatic amines is 2. The zero-order valence-electron chi connectivity index (χ0n) is 26.9. The maximum atomic E-state index is 14.8. The first-order chi connectivity index (χ1) is 22.7. The highest BCUT2D eigenvalue weighted by molar-refractivity contribution is 6.01. The summed E-state index contributed by atoms with van der Waals surface area (Å²) in [5, 5.41) is 12.5. The molecule has 47 heavy (non-hydrogen) atoms. The molecule has 0 saturated carbocycles. The summed E-state index contributed by atoms with van der Waals surface area (Å²) in [6, 6.07) is 16.7. The highest BCUT2D eigenvalue weighted by Crippen LogP contribution is 2.36. The molecule has 7 rings (SSSR count). The number of amides is 1. The van der Waals surface area contributed by atoms with Gasteiger partial charge < -0.3 is 15.0 Å². The van der Waals surface area contributed by atoms with E-state index in [1.54, 1.807) is 18.6 Å². The molecule has 9 nitrogen and oxygen atoms in total. The van der Waals surface area contributed by atoms with Crippen molar-refractivity contribution in [2.75, 3.05) is 31.6 Å². The molecule has 1 aliphatic heterocycles. The third kappa shape index (κ3) is 6.88. The summed E-state index contributed by atoms with van der Waals surface area (Å²) in [6.07, 6.45) is 8.01. The van der Waals surface area contributed by atoms with E-state index >= 15 is 0 Å². The number of nitrogens with one attached hydrogen (secondary N) is 3. The Bertz CT molecular complexity index is 2070. The van der Waals surface area contributed by atoms with Gasteiger partial charge in [-0.1, -0.05) is 26.8 Å². The Balaban J connectivity index is 1.17. The fraction of sp³-hybridized carbons (Fsp3) is 0.297. The van der Waals surface area contributed by atoms with Crippen LogP contribution in [0.1, 0.15) is 40.0 Å². The predicted molar refractivity (Wildman–Crippen MR) is 184 cm³/mol. The van der Waals surface area contributed by atoms with E-state index in [1.807, 2.05) is 57.2 Å². The highest BCUT2D eigenvalue weighted by Gasteiger charge is 2.18. The number of fused-ring (bicyclic) bond motifs is 2. The molecule has 240 valence electrons. The first kappa shape index (κ1) is 30.6. The average Bonchev–Trinajstić information content (AvgIpc) is 3.79. The van der Waals surface area contributed by atoms with E-state index in [9.17, 15) is 9.18 Å². The molecular weight excluding hydrogens is 593 g/mol. The summed E-state index contributed by atoms with van der Waals surface area (Å²) in [4.78, 5) is 27.4. The first-order valence-corrected chi connectivity index (χ1v) is 16.1. The van der Waals surface area contributed by atoms with Crippen molar-refractivity contribution in [3.63, 3.8) is 0 Å². The van der Waals surface area contributed by atoms with Gasteiger partial charge in [0.25, 0.3) is 0 Å². The first-order valence-electron chi connectivity index (χ1n) is 16.1. The summed E-state index contributed by atoms with van der Waals surface area (Å²) >= 11 is 0. The molecule has 1 fully saturated rings. The van der Waals surface area contributed by atoms with Gasteiger partial charge >= 0.3 is 0 Å². The number of carbonyl (C=O) groups excluding carboxylic acids is 1. The maximum absolute atomic E-state index is 14.8. The van der Waals surface area contributed by atoms with Gasteiger partial charge in [0, 0.05) is 58.8 Å². The quantitative estimate of drug-likeness (QED) is 0.150. The Labute approximate surface area is 272 Å². The van der Waals surface area contributed by atoms with Crippen molar-refractivity contribution in [3.8, 4) is 39.5 Å². The van der Waals surface area contributed by atoms with Crippen molar-refractivity contribution in [1.29, 1.82) is 0 Å². The third-order valence-corrected chi connectivity index (χ3v) is 8.43. The minimum atomic E-state index is -0.369. The van der Waals surface area contributed by atoms with Crippen LogP contribution in [0.4, 0.5) is 10.1 Å². The Morgan fingerprint density at radius 3 is 2.60 bits per heavy atom. The Morgan fingerprint density at radius 2 is 1.77 bits per heavy atom. The van der Waals surface area contributed by atoms with E-state index in [-0.39, 0.29) is 17.1 Å². The minimum absolute atomic E-state index is 0.0452. The molecule has 0 radical (unpaired) electrons. The van der Waals surface area contributed by atoms with Crippen molar-refractivity contribution in [2.45, 2.75) is 40.0 Å². The fourth-order valence-electron chi connectivity index (χ4n) is 6.24. The molecule has 0 aliphatic carbocycles. The van der Waals surface area contributed by atoms with Crippen LogP contribution in [-0.2, 0) is 4.79 Å². The summed E-state index contributed by atoms with van der Waals surface area (Å²) in [6.45, 7) is 9.63. The molecule has 1 amide bonds. The van der Waals surface area contributed by atoms with Crippen molar-refractivity contribution in [3.05, 3.63) is 79.0 Å². The Kier molecular flexibility index (Phi) is 8.19. The lowest BCUT2D eigenvalue weighted by atomic mass is 9.92. The summed E-state index contributed by atoms with van der Waals surface area (Å²) in [7, 11) is 0. The number of carbonyl (C=O) groups is 1. The predicted octanol–water partition coefficient (Wildman–Crippen LogP) is 7.82. The zero-order valence-corrected chi connectivity index (χ0v) is 26.9. The van der Waals surface area contributed by atoms with E-state index in [1.165, 1.54) is 25.0 Å². The lowest BCUT2D eigenvalue weighted by molar-refractivity contribution is -0.117. The van der Waals surface area contributed by atoms with Crippen LogP contribution in [-0.4, -0.2) is 62.2 Å². The van der Waals surface area contributed by atoms with Gasteiger partial charge in [-0.3, -0.25) is 24.8 Å². The number of aromatic nitrogens is 5. The molecule has 4 aromatic heterocycles. The minimum Gasteiger partial charge on any atom is -0.492 e. The van der Waals surface area contributed by atoms with E-state index in [4.69, 9.17) is 4.74 Å². The van der Waals surface area contributed by atoms with Crippen LogP contribution in [0.15, 0.2) is 73.2 Å². The summed E-state index contributed by atoms with van der Waals surface area (Å²) in [5.74, 6) is 0.0782. The lowest BCUT2D eigenvalue weighted by Crippen LogP contribution is -2.25. The molecule has 2 aromatic carbocycles. The average molecular weight is 632 g/mol. The molecular formula is C37H38FN7O2. The maximum Gasteiger partial charge on any atom is 0.224 e. The van der Waals surface area contributed by atoms with Crippen molar-refractivity contribution < 1.29 is 13.9 Å². The second kappa shape index (κ2) is 12.6. The van der Waals surface area contributed by atoms with Gasteiger partial charge in [0.05, 0.1) is 28.8 Å². The van der Waals surface area contributed by atoms with Crippen LogP contribution in [0, 0.1) is 11.2 Å². The second-order valence-corrected chi connectivity index (χ2v) is 13.5. The van der Waals surface area contributed by atoms with Gasteiger partial charge in [0.2, 0.25) is 5.91 Å². The number of hydrogen-bond donors (Lipinski definition) is 3. The number of benzene rings is 2. The van der Waals surface area contributed by atoms with Gasteiger partial charge in [0.15, 0.2) is 0 Å². The van der Waals surface area contributed by atoms with Crippen molar-refractivity contribution >= 4 is 33.4 Å². The lowest BCUT2D eigenvalue weighted by Gasteiger charge is -2.17. The number of nitrogens with zero attached hydrogens (tertiary/aromatic N) is 4. The molecule has 1 aliphatic rings. The molecule has 0 atom stereocenters. The number of H-pyrrole nitrogens is 2. The second-order valence-electron chi connectivity index (χ2n) is 13.5. The van der Waals surface area contributed by atoms with E-state index in [2.05, 4.69) is 41.4 Å². The van der Waals surface area contributed by atoms with Crippen molar-refractivity contribution in [2.24, 2.45) is 5.41 Å². The molecule has 10 heteroatoms. The number of anilines is 1. The highest BCUT2D eigenvalue weighted by atomic mass is 19.1. The summed E-state index contributed by atoms with van der Waals surface area (Å²) in [5.41, 5.74) is 6.95. The molecule has 0 unspecified atom stereocenters. The Hall–Kier alpha value is -5.09. The largest absolute Gasteiger partial charge is 0.492 e. The van der Waals surface area contributed by atoms with Crippen LogP contribution in [0.25, 0.3) is 55.6 Å². The van der Waals surface area contributed by atoms with Crippen LogP contribution in [0.3, 0.4) is 0 Å². The van der Waals surface area contributed by atoms with Gasteiger partial charge in [-0.15, -0.1) is 0 Å². The van der Waals surface area contributed by atoms with Crippen LogP contribution >= 0.6 is 0 Å². The third-order valence-electron chi connectivity index (χ3n) is 8.43. The zero-order chi connectivity index (χ0) is 32.5. The molecule has 0 bridgehead atoms. The van der Waals surface area contributed by atoms with Crippen molar-refractivity contribution in [1.82, 2.24) is 30.0 Å². The molecule has 1 saturated heterocycles. The molecule has 5 heterocycles. The number of hydrogen-bond acceptors (Lipinski definition) is 6. The molecule has 6 aromatic rings. The molecule has 3 N–H and O–H groups in total. The normalized spacial score (nSPS) is 13.9. The number of ether oxygens (including phenoxy) is 1. The van der Waals surface area contributed by atoms with E-state index in [0.29, 0.717) is 35.7 Å². The monoisotopic (exact) mass is 631 g/mol. The smallest absolute Gasteiger partial charge is 0.224 e. The number of rotatable bonds is 9. The standard InChI is InChI=1S/C37H38FN7O2/c1-37(2,3)20-34(46)41-27-15-25(21-39-22-27)23-6-7-32-29(17-23)36(44-43-32)33-19-30-31(42-33)8-9-40-35(30)24-14-26(38)18-28(16-24)47-13-12-45-10-4-5-11-45/h6-9,14-19,21-22,42H,4-5,10-13,20H2,1-3H3,(H,41,46)(H,43,44). The summed E-state index contributed by atoms with van der Waals surface area (Å²) < 4.78 is 20.8. The van der Waals surface area contributed by atoms with Gasteiger partial charge in [0.1, 0.15) is 23.9 Å². The number of halogens is 1. The topological polar surface area (TPSA) is 112 Å². The number of pyridine rings is 2. The van der Waals surface area contributed by atoms with Crippen LogP contribution in [0.5, 0.6) is 5.75 Å². The van der Waals surface area contributed by atoms with Crippen LogP contribution in [0.2, 0.25) is 0 Å². The van der Waals surface area contributed by atoms with E-state index in [0.717, 1.165) is 64.0 Å². The van der Waals surface area contributed by atoms with Gasteiger partial charge in [-0.25, -0.2) is 4.39 Å². The fourth-order valence-corrected chi connectivity index (χ4v) is 6.24. The number of likely N-dealkylation sites (tertiary alicyclic amines) is 1. The van der Waals surface area contributed by atoms with Gasteiger partial charge in [-0.2, -0.15) is 5.10 Å². The Morgan fingerprint density at radius 1 is 0.936 bits per heavy atom.